The Labute approximate surface area is 212 Å². The number of carbonyl (C=O) groups excluding carboxylic acids is 2. The first kappa shape index (κ1) is 24.1. The van der Waals surface area contributed by atoms with Gasteiger partial charge in [-0.3, -0.25) is 9.59 Å². The van der Waals surface area contributed by atoms with Gasteiger partial charge in [-0.05, 0) is 47.5 Å². The van der Waals surface area contributed by atoms with E-state index >= 15 is 0 Å². The van der Waals surface area contributed by atoms with Crippen LogP contribution in [0.5, 0.6) is 0 Å². The molecule has 0 fully saturated rings. The first-order chi connectivity index (χ1) is 16.3. The van der Waals surface area contributed by atoms with Gasteiger partial charge in [-0.1, -0.05) is 80.4 Å². The van der Waals surface area contributed by atoms with E-state index < -0.39 is 24.0 Å². The summed E-state index contributed by atoms with van der Waals surface area (Å²) in [5, 5.41) is 27.8. The summed E-state index contributed by atoms with van der Waals surface area (Å²) in [6, 6.07) is 24.2. The normalized spacial score (nSPS) is 12.7. The highest BCUT2D eigenvalue weighted by Crippen LogP contribution is 2.31. The third kappa shape index (κ3) is 5.37. The fourth-order valence-corrected chi connectivity index (χ4v) is 4.04. The topological polar surface area (TPSA) is 98.7 Å². The Morgan fingerprint density at radius 1 is 0.588 bits per heavy atom. The molecule has 34 heavy (non-hydrogen) atoms. The largest absolute Gasteiger partial charge is 0.378 e. The van der Waals surface area contributed by atoms with Crippen molar-refractivity contribution in [1.82, 2.24) is 0 Å². The Morgan fingerprint density at radius 2 is 0.941 bits per heavy atom. The van der Waals surface area contributed by atoms with Crippen LogP contribution < -0.4 is 10.6 Å². The number of halogens is 2. The van der Waals surface area contributed by atoms with E-state index in [1.165, 1.54) is 0 Å². The predicted molar refractivity (Wildman–Crippen MR) is 139 cm³/mol. The molecule has 8 heteroatoms. The molecule has 2 atom stereocenters. The molecule has 2 amide bonds. The maximum Gasteiger partial charge on any atom is 0.257 e. The number of aliphatic hydroxyl groups excluding tert-OH is 2. The summed E-state index contributed by atoms with van der Waals surface area (Å²) in [4.78, 5) is 25.4. The summed E-state index contributed by atoms with van der Waals surface area (Å²) in [6.07, 6.45) is -2.68. The molecule has 0 aromatic heterocycles. The summed E-state index contributed by atoms with van der Waals surface area (Å²) in [5.74, 6) is -1.15. The average Bonchev–Trinajstić information content (AvgIpc) is 2.85. The van der Waals surface area contributed by atoms with Gasteiger partial charge in [0.1, 0.15) is 0 Å². The fourth-order valence-electron chi connectivity index (χ4n) is 3.51. The summed E-state index contributed by atoms with van der Waals surface area (Å²) < 4.78 is 1.69. The van der Waals surface area contributed by atoms with E-state index in [1.54, 1.807) is 72.8 Å². The fraction of sp³-hybridized carbons (Fsp3) is 0.0769. The number of amides is 2. The molecular formula is C26H20Br2N2O4. The highest BCUT2D eigenvalue weighted by Gasteiger charge is 2.21. The van der Waals surface area contributed by atoms with Crippen molar-refractivity contribution >= 4 is 65.8 Å². The lowest BCUT2D eigenvalue weighted by atomic mass is 10.0. The lowest BCUT2D eigenvalue weighted by molar-refractivity contribution is -0.124. The Morgan fingerprint density at radius 3 is 1.29 bits per heavy atom. The molecule has 0 bridgehead atoms. The molecule has 0 heterocycles. The number of aliphatic hydroxyl groups is 2. The molecule has 2 unspecified atom stereocenters. The highest BCUT2D eigenvalue weighted by atomic mass is 79.9. The van der Waals surface area contributed by atoms with Gasteiger partial charge in [0.05, 0.1) is 0 Å². The van der Waals surface area contributed by atoms with Crippen LogP contribution in [0.2, 0.25) is 0 Å². The molecule has 4 aromatic carbocycles. The minimum absolute atomic E-state index is 0.468. The van der Waals surface area contributed by atoms with Crippen molar-refractivity contribution in [2.24, 2.45) is 0 Å². The highest BCUT2D eigenvalue weighted by molar-refractivity contribution is 9.10. The van der Waals surface area contributed by atoms with E-state index in [0.717, 1.165) is 8.95 Å². The molecule has 6 nitrogen and oxygen atoms in total. The van der Waals surface area contributed by atoms with Gasteiger partial charge in [-0.2, -0.15) is 0 Å². The monoisotopic (exact) mass is 582 g/mol. The Bertz CT molecular complexity index is 1240. The van der Waals surface area contributed by atoms with Crippen molar-refractivity contribution in [2.75, 3.05) is 10.6 Å². The minimum Gasteiger partial charge on any atom is -0.378 e. The van der Waals surface area contributed by atoms with Crippen LogP contribution in [0.1, 0.15) is 23.3 Å². The van der Waals surface area contributed by atoms with Crippen LogP contribution >= 0.6 is 31.9 Å². The molecule has 0 spiro atoms. The number of anilines is 2. The van der Waals surface area contributed by atoms with Crippen molar-refractivity contribution in [3.05, 3.63) is 105 Å². The number of benzene rings is 4. The summed E-state index contributed by atoms with van der Waals surface area (Å²) in [7, 11) is 0. The van der Waals surface area contributed by atoms with Gasteiger partial charge in [0.2, 0.25) is 0 Å². The zero-order valence-corrected chi connectivity index (χ0v) is 20.9. The van der Waals surface area contributed by atoms with Crippen molar-refractivity contribution in [1.29, 1.82) is 0 Å². The van der Waals surface area contributed by atoms with E-state index in [-0.39, 0.29) is 0 Å². The first-order valence-electron chi connectivity index (χ1n) is 10.3. The number of rotatable bonds is 6. The van der Waals surface area contributed by atoms with E-state index in [4.69, 9.17) is 0 Å². The molecule has 0 radical (unpaired) electrons. The quantitative estimate of drug-likeness (QED) is 0.234. The molecule has 0 saturated carbocycles. The SMILES string of the molecule is O=C(Nc1ccc(NC(=O)C(O)c2ccc(Br)cc2)c2ccccc12)C(O)c1ccc(Br)cc1. The van der Waals surface area contributed by atoms with Gasteiger partial charge in [-0.15, -0.1) is 0 Å². The van der Waals surface area contributed by atoms with Crippen LogP contribution in [0.4, 0.5) is 11.4 Å². The maximum absolute atomic E-state index is 12.7. The smallest absolute Gasteiger partial charge is 0.257 e. The average molecular weight is 584 g/mol. The van der Waals surface area contributed by atoms with Gasteiger partial charge >= 0.3 is 0 Å². The van der Waals surface area contributed by atoms with Crippen molar-refractivity contribution in [2.45, 2.75) is 12.2 Å². The maximum atomic E-state index is 12.7. The minimum atomic E-state index is -1.34. The molecule has 4 rings (SSSR count). The third-order valence-corrected chi connectivity index (χ3v) is 6.37. The zero-order valence-electron chi connectivity index (χ0n) is 17.7. The van der Waals surface area contributed by atoms with Crippen LogP contribution in [0.15, 0.2) is 93.9 Å². The van der Waals surface area contributed by atoms with Gasteiger partial charge in [0.15, 0.2) is 12.2 Å². The molecule has 4 N–H and O–H groups in total. The summed E-state index contributed by atoms with van der Waals surface area (Å²) in [5.41, 5.74) is 1.91. The Kier molecular flexibility index (Phi) is 7.43. The molecule has 0 aliphatic heterocycles. The molecule has 0 aliphatic carbocycles. The molecule has 4 aromatic rings. The summed E-state index contributed by atoms with van der Waals surface area (Å²) >= 11 is 6.66. The predicted octanol–water partition coefficient (Wildman–Crippen LogP) is 5.71. The van der Waals surface area contributed by atoms with Crippen LogP contribution in [0, 0.1) is 0 Å². The van der Waals surface area contributed by atoms with E-state index in [0.29, 0.717) is 33.3 Å². The third-order valence-electron chi connectivity index (χ3n) is 5.31. The molecule has 0 aliphatic rings. The van der Waals surface area contributed by atoms with Crippen LogP contribution in [-0.4, -0.2) is 22.0 Å². The van der Waals surface area contributed by atoms with Gasteiger partial charge < -0.3 is 20.8 Å². The number of hydrogen-bond acceptors (Lipinski definition) is 4. The number of hydrogen-bond donors (Lipinski definition) is 4. The molecule has 0 saturated heterocycles. The Balaban J connectivity index is 1.56. The number of fused-ring (bicyclic) bond motifs is 1. The van der Waals surface area contributed by atoms with Gasteiger partial charge in [0, 0.05) is 31.1 Å². The van der Waals surface area contributed by atoms with Crippen molar-refractivity contribution < 1.29 is 19.8 Å². The number of nitrogens with one attached hydrogen (secondary N) is 2. The van der Waals surface area contributed by atoms with Crippen molar-refractivity contribution in [3.63, 3.8) is 0 Å². The second-order valence-electron chi connectivity index (χ2n) is 7.59. The van der Waals surface area contributed by atoms with Gasteiger partial charge in [0.25, 0.3) is 11.8 Å². The standard InChI is InChI=1S/C26H20Br2N2O4/c27-17-9-5-15(6-10-17)23(31)25(33)29-21-13-14-22(20-4-2-1-3-19(20)21)30-26(34)24(32)16-7-11-18(28)12-8-16/h1-14,23-24,31-32H,(H,29,33)(H,30,34). The Hall–Kier alpha value is -3.04. The van der Waals surface area contributed by atoms with Crippen molar-refractivity contribution in [3.8, 4) is 0 Å². The van der Waals surface area contributed by atoms with E-state index in [1.807, 2.05) is 12.1 Å². The molecular weight excluding hydrogens is 564 g/mol. The second-order valence-corrected chi connectivity index (χ2v) is 9.42. The van der Waals surface area contributed by atoms with E-state index in [9.17, 15) is 19.8 Å². The van der Waals surface area contributed by atoms with E-state index in [2.05, 4.69) is 42.5 Å². The second kappa shape index (κ2) is 10.5. The summed E-state index contributed by atoms with van der Waals surface area (Å²) in [6.45, 7) is 0. The van der Waals surface area contributed by atoms with Gasteiger partial charge in [-0.25, -0.2) is 0 Å². The zero-order chi connectivity index (χ0) is 24.2. The lowest BCUT2D eigenvalue weighted by Crippen LogP contribution is -2.22. The first-order valence-corrected chi connectivity index (χ1v) is 11.9. The lowest BCUT2D eigenvalue weighted by Gasteiger charge is -2.17. The molecule has 172 valence electrons. The van der Waals surface area contributed by atoms with Crippen LogP contribution in [0.25, 0.3) is 10.8 Å². The number of carbonyl (C=O) groups is 2. The van der Waals surface area contributed by atoms with Crippen LogP contribution in [0.3, 0.4) is 0 Å². The van der Waals surface area contributed by atoms with Crippen LogP contribution in [-0.2, 0) is 9.59 Å².